The molecule has 3 aromatic carbocycles. The van der Waals surface area contributed by atoms with E-state index >= 15 is 0 Å². The van der Waals surface area contributed by atoms with Crippen LogP contribution in [0, 0.1) is 13.8 Å². The summed E-state index contributed by atoms with van der Waals surface area (Å²) in [4.78, 5) is 15.5. The van der Waals surface area contributed by atoms with Gasteiger partial charge in [0.25, 0.3) is 5.91 Å². The van der Waals surface area contributed by atoms with E-state index in [1.165, 1.54) is 0 Å². The SMILES string of the molecule is CCCOc1cccc(C2c3c(-c4cc(C)cc(C)c4O)n[nH]c3C(=O)N2Cc2ccccc2Cl)c1. The monoisotopic (exact) mass is 501 g/mol. The van der Waals surface area contributed by atoms with Crippen LogP contribution in [0.15, 0.2) is 60.7 Å². The van der Waals surface area contributed by atoms with Gasteiger partial charge in [-0.25, -0.2) is 0 Å². The van der Waals surface area contributed by atoms with Crippen LogP contribution < -0.4 is 4.74 Å². The van der Waals surface area contributed by atoms with Crippen molar-refractivity contribution in [3.8, 4) is 22.8 Å². The average Bonchev–Trinajstić information content (AvgIpc) is 3.40. The van der Waals surface area contributed by atoms with Crippen LogP contribution in [-0.4, -0.2) is 32.7 Å². The summed E-state index contributed by atoms with van der Waals surface area (Å²) in [6, 6.07) is 18.7. The van der Waals surface area contributed by atoms with Gasteiger partial charge >= 0.3 is 0 Å². The summed E-state index contributed by atoms with van der Waals surface area (Å²) in [6.45, 7) is 6.83. The van der Waals surface area contributed by atoms with Gasteiger partial charge in [-0.15, -0.1) is 0 Å². The third-order valence-corrected chi connectivity index (χ3v) is 6.88. The number of aromatic amines is 1. The van der Waals surface area contributed by atoms with Gasteiger partial charge in [-0.05, 0) is 66.8 Å². The first-order valence-corrected chi connectivity index (χ1v) is 12.4. The van der Waals surface area contributed by atoms with E-state index < -0.39 is 6.04 Å². The number of carbonyl (C=O) groups is 1. The van der Waals surface area contributed by atoms with Crippen molar-refractivity contribution in [2.75, 3.05) is 6.61 Å². The molecule has 36 heavy (non-hydrogen) atoms. The molecule has 0 bridgehead atoms. The van der Waals surface area contributed by atoms with Crippen LogP contribution in [0.5, 0.6) is 11.5 Å². The molecule has 0 spiro atoms. The highest BCUT2D eigenvalue weighted by atomic mass is 35.5. The van der Waals surface area contributed by atoms with Crippen molar-refractivity contribution in [2.24, 2.45) is 0 Å². The van der Waals surface area contributed by atoms with Crippen molar-refractivity contribution in [2.45, 2.75) is 39.8 Å². The fraction of sp³-hybridized carbons (Fsp3) is 0.241. The molecular weight excluding hydrogens is 474 g/mol. The summed E-state index contributed by atoms with van der Waals surface area (Å²) in [5, 5.41) is 19.0. The lowest BCUT2D eigenvalue weighted by Crippen LogP contribution is -2.29. The molecule has 4 aromatic rings. The second-order valence-corrected chi connectivity index (χ2v) is 9.59. The topological polar surface area (TPSA) is 78.5 Å². The molecule has 2 heterocycles. The molecule has 1 unspecified atom stereocenters. The maximum absolute atomic E-state index is 13.7. The largest absolute Gasteiger partial charge is 0.507 e. The molecule has 1 aromatic heterocycles. The van der Waals surface area contributed by atoms with Gasteiger partial charge in [-0.3, -0.25) is 9.89 Å². The molecular formula is C29H28ClN3O3. The highest BCUT2D eigenvalue weighted by molar-refractivity contribution is 6.31. The summed E-state index contributed by atoms with van der Waals surface area (Å²) in [5.74, 6) is 0.732. The number of ether oxygens (including phenoxy) is 1. The van der Waals surface area contributed by atoms with Gasteiger partial charge in [0, 0.05) is 22.7 Å². The lowest BCUT2D eigenvalue weighted by molar-refractivity contribution is 0.0730. The van der Waals surface area contributed by atoms with Crippen molar-refractivity contribution in [1.82, 2.24) is 15.1 Å². The Kier molecular flexibility index (Phi) is 6.46. The number of aromatic hydroxyl groups is 1. The second-order valence-electron chi connectivity index (χ2n) is 9.19. The number of hydrogen-bond donors (Lipinski definition) is 2. The zero-order chi connectivity index (χ0) is 25.4. The lowest BCUT2D eigenvalue weighted by Gasteiger charge is -2.27. The first-order chi connectivity index (χ1) is 17.4. The molecule has 2 N–H and O–H groups in total. The van der Waals surface area contributed by atoms with Gasteiger partial charge in [0.15, 0.2) is 0 Å². The van der Waals surface area contributed by atoms with E-state index in [0.717, 1.165) is 40.0 Å². The molecule has 1 aliphatic heterocycles. The highest BCUT2D eigenvalue weighted by Gasteiger charge is 2.43. The zero-order valence-electron chi connectivity index (χ0n) is 20.5. The number of nitrogens with one attached hydrogen (secondary N) is 1. The lowest BCUT2D eigenvalue weighted by atomic mass is 9.94. The quantitative estimate of drug-likeness (QED) is 0.299. The van der Waals surface area contributed by atoms with Crippen LogP contribution >= 0.6 is 11.6 Å². The van der Waals surface area contributed by atoms with Gasteiger partial charge in [0.05, 0.1) is 12.6 Å². The molecule has 5 rings (SSSR count). The Balaban J connectivity index is 1.68. The van der Waals surface area contributed by atoms with Gasteiger partial charge < -0.3 is 14.7 Å². The fourth-order valence-corrected chi connectivity index (χ4v) is 5.05. The number of rotatable bonds is 7. The van der Waals surface area contributed by atoms with E-state index in [-0.39, 0.29) is 11.7 Å². The molecule has 1 atom stereocenters. The van der Waals surface area contributed by atoms with Crippen molar-refractivity contribution >= 4 is 17.5 Å². The number of phenols is 1. The molecule has 1 aliphatic rings. The van der Waals surface area contributed by atoms with E-state index in [0.29, 0.717) is 35.1 Å². The Bertz CT molecular complexity index is 1450. The minimum absolute atomic E-state index is 0.158. The van der Waals surface area contributed by atoms with Crippen LogP contribution in [0.1, 0.15) is 57.7 Å². The summed E-state index contributed by atoms with van der Waals surface area (Å²) in [7, 11) is 0. The van der Waals surface area contributed by atoms with Crippen LogP contribution in [-0.2, 0) is 6.54 Å². The first kappa shape index (κ1) is 23.9. The third kappa shape index (κ3) is 4.22. The number of amides is 1. The molecule has 0 saturated carbocycles. The standard InChI is InChI=1S/C29H28ClN3O3/c1-4-12-36-21-10-7-9-19(15-21)27-24-25(22-14-17(2)13-18(3)28(22)34)31-32-26(24)29(35)33(27)16-20-8-5-6-11-23(20)30/h5-11,13-15,27,34H,4,12,16H2,1-3H3,(H,31,32). The van der Waals surface area contributed by atoms with Crippen molar-refractivity contribution in [3.63, 3.8) is 0 Å². The number of phenolic OH excluding ortho intramolecular Hbond substituents is 1. The normalized spacial score (nSPS) is 14.8. The van der Waals surface area contributed by atoms with Gasteiger partial charge in [-0.1, -0.05) is 54.9 Å². The van der Waals surface area contributed by atoms with Gasteiger partial charge in [0.2, 0.25) is 0 Å². The number of benzene rings is 3. The maximum atomic E-state index is 13.7. The Morgan fingerprint density at radius 1 is 1.11 bits per heavy atom. The second kappa shape index (κ2) is 9.70. The molecule has 184 valence electrons. The number of aromatic nitrogens is 2. The van der Waals surface area contributed by atoms with E-state index in [1.54, 1.807) is 4.90 Å². The van der Waals surface area contributed by atoms with E-state index in [2.05, 4.69) is 17.1 Å². The minimum Gasteiger partial charge on any atom is -0.507 e. The number of fused-ring (bicyclic) bond motifs is 1. The smallest absolute Gasteiger partial charge is 0.273 e. The molecule has 0 radical (unpaired) electrons. The number of aryl methyl sites for hydroxylation is 2. The molecule has 0 aliphatic carbocycles. The molecule has 0 saturated heterocycles. The zero-order valence-corrected chi connectivity index (χ0v) is 21.3. The summed E-state index contributed by atoms with van der Waals surface area (Å²) < 4.78 is 5.90. The number of nitrogens with zero attached hydrogens (tertiary/aromatic N) is 2. The van der Waals surface area contributed by atoms with Crippen molar-refractivity contribution < 1.29 is 14.6 Å². The average molecular weight is 502 g/mol. The number of H-pyrrole nitrogens is 1. The van der Waals surface area contributed by atoms with E-state index in [1.807, 2.05) is 74.5 Å². The molecule has 1 amide bonds. The number of carbonyl (C=O) groups excluding carboxylic acids is 1. The Morgan fingerprint density at radius 3 is 2.69 bits per heavy atom. The summed E-state index contributed by atoms with van der Waals surface area (Å²) >= 11 is 6.48. The van der Waals surface area contributed by atoms with Crippen molar-refractivity contribution in [1.29, 1.82) is 0 Å². The molecule has 7 heteroatoms. The van der Waals surface area contributed by atoms with E-state index in [9.17, 15) is 9.90 Å². The van der Waals surface area contributed by atoms with E-state index in [4.69, 9.17) is 16.3 Å². The summed E-state index contributed by atoms with van der Waals surface area (Å²) in [6.07, 6.45) is 0.896. The predicted octanol–water partition coefficient (Wildman–Crippen LogP) is 6.59. The van der Waals surface area contributed by atoms with Crippen LogP contribution in [0.25, 0.3) is 11.3 Å². The number of halogens is 1. The Hall–Kier alpha value is -3.77. The summed E-state index contributed by atoms with van der Waals surface area (Å²) in [5.41, 5.74) is 5.82. The van der Waals surface area contributed by atoms with Crippen molar-refractivity contribution in [3.05, 3.63) is 99.2 Å². The van der Waals surface area contributed by atoms with Crippen LogP contribution in [0.2, 0.25) is 5.02 Å². The maximum Gasteiger partial charge on any atom is 0.273 e. The first-order valence-electron chi connectivity index (χ1n) is 12.0. The molecule has 0 fully saturated rings. The van der Waals surface area contributed by atoms with Gasteiger partial charge in [-0.2, -0.15) is 5.10 Å². The predicted molar refractivity (Wildman–Crippen MR) is 141 cm³/mol. The highest BCUT2D eigenvalue weighted by Crippen LogP contribution is 2.46. The fourth-order valence-electron chi connectivity index (χ4n) is 4.86. The Morgan fingerprint density at radius 2 is 1.92 bits per heavy atom. The van der Waals surface area contributed by atoms with Crippen LogP contribution in [0.3, 0.4) is 0 Å². The Labute approximate surface area is 215 Å². The molecule has 6 nitrogen and oxygen atoms in total. The van der Waals surface area contributed by atoms with Crippen LogP contribution in [0.4, 0.5) is 0 Å². The third-order valence-electron chi connectivity index (χ3n) is 6.51. The number of hydrogen-bond acceptors (Lipinski definition) is 4. The minimum atomic E-state index is -0.442. The van der Waals surface area contributed by atoms with Gasteiger partial charge in [0.1, 0.15) is 22.9 Å².